The Morgan fingerprint density at radius 3 is 3.06 bits per heavy atom. The van der Waals surface area contributed by atoms with Gasteiger partial charge in [-0.2, -0.15) is 5.26 Å². The van der Waals surface area contributed by atoms with Crippen LogP contribution in [0, 0.1) is 11.5 Å². The van der Waals surface area contributed by atoms with E-state index in [0.717, 1.165) is 11.3 Å². The minimum Gasteiger partial charge on any atom is -0.454 e. The van der Waals surface area contributed by atoms with Gasteiger partial charge < -0.3 is 9.47 Å². The average molecular weight is 218 g/mol. The molecule has 0 spiro atoms. The molecule has 0 bridgehead atoms. The lowest BCUT2D eigenvalue weighted by molar-refractivity contribution is -0.119. The van der Waals surface area contributed by atoms with E-state index in [9.17, 15) is 4.79 Å². The average Bonchev–Trinajstić information content (AvgIpc) is 2.74. The van der Waals surface area contributed by atoms with Crippen LogP contribution in [0.3, 0.4) is 0 Å². The predicted molar refractivity (Wildman–Crippen MR) is 54.6 cm³/mol. The summed E-state index contributed by atoms with van der Waals surface area (Å²) >= 11 is 0. The van der Waals surface area contributed by atoms with Crippen LogP contribution in [0.2, 0.25) is 0 Å². The molecule has 0 unspecified atom stereocenters. The molecule has 2 rings (SSSR count). The lowest BCUT2D eigenvalue weighted by Crippen LogP contribution is -2.17. The molecule has 1 aromatic carbocycles. The number of carbonyl (C=O) groups excluding carboxylic acids is 1. The Hall–Kier alpha value is -2.22. The third-order valence-electron chi connectivity index (χ3n) is 2.27. The van der Waals surface area contributed by atoms with Crippen molar-refractivity contribution in [2.45, 2.75) is 12.8 Å². The largest absolute Gasteiger partial charge is 0.454 e. The summed E-state index contributed by atoms with van der Waals surface area (Å²) in [6.45, 7) is 0.244. The Bertz CT molecular complexity index is 451. The normalized spacial score (nSPS) is 11.9. The summed E-state index contributed by atoms with van der Waals surface area (Å²) in [6.07, 6.45) is 2.46. The molecule has 0 saturated carbocycles. The third kappa shape index (κ3) is 2.23. The summed E-state index contributed by atoms with van der Waals surface area (Å²) in [4.78, 5) is 11.1. The van der Waals surface area contributed by atoms with Gasteiger partial charge in [-0.25, -0.2) is 0 Å². The van der Waals surface area contributed by atoms with Gasteiger partial charge >= 0.3 is 0 Å². The summed E-state index contributed by atoms with van der Waals surface area (Å²) in [7, 11) is 0. The number of benzene rings is 1. The molecule has 0 saturated heterocycles. The molecule has 5 nitrogen and oxygen atoms in total. The Morgan fingerprint density at radius 1 is 1.44 bits per heavy atom. The molecule has 1 aliphatic heterocycles. The zero-order valence-corrected chi connectivity index (χ0v) is 8.53. The smallest absolute Gasteiger partial charge is 0.233 e. The maximum atomic E-state index is 11.1. The Kier molecular flexibility index (Phi) is 2.92. The predicted octanol–water partition coefficient (Wildman–Crippen LogP) is 0.945. The molecule has 0 aliphatic carbocycles. The van der Waals surface area contributed by atoms with Crippen molar-refractivity contribution >= 4 is 5.91 Å². The lowest BCUT2D eigenvalue weighted by atomic mass is 10.1. The number of aryl methyl sites for hydroxylation is 1. The standard InChI is InChI=1S/C11H10N2O3/c12-6-13-11(14)4-2-8-1-3-9-10(5-8)16-7-15-9/h1,3,5H,2,4,7H2,(H,13,14). The third-order valence-corrected chi connectivity index (χ3v) is 2.27. The number of nitrogens with one attached hydrogen (secondary N) is 1. The second-order valence-corrected chi connectivity index (χ2v) is 3.35. The van der Waals surface area contributed by atoms with Crippen LogP contribution in [-0.4, -0.2) is 12.7 Å². The van der Waals surface area contributed by atoms with Crippen LogP contribution in [0.1, 0.15) is 12.0 Å². The molecule has 0 fully saturated rings. The van der Waals surface area contributed by atoms with Crippen molar-refractivity contribution in [1.29, 1.82) is 5.26 Å². The highest BCUT2D eigenvalue weighted by atomic mass is 16.7. The van der Waals surface area contributed by atoms with Gasteiger partial charge in [0.15, 0.2) is 17.7 Å². The molecule has 5 heteroatoms. The van der Waals surface area contributed by atoms with Gasteiger partial charge in [-0.1, -0.05) is 6.07 Å². The molecule has 1 amide bonds. The summed E-state index contributed by atoms with van der Waals surface area (Å²) in [5.41, 5.74) is 0.984. The molecule has 0 aromatic heterocycles. The molecule has 1 aromatic rings. The quantitative estimate of drug-likeness (QED) is 0.605. The van der Waals surface area contributed by atoms with Gasteiger partial charge in [0.2, 0.25) is 12.7 Å². The van der Waals surface area contributed by atoms with Crippen LogP contribution in [-0.2, 0) is 11.2 Å². The maximum Gasteiger partial charge on any atom is 0.233 e. The lowest BCUT2D eigenvalue weighted by Gasteiger charge is -2.01. The van der Waals surface area contributed by atoms with E-state index >= 15 is 0 Å². The Morgan fingerprint density at radius 2 is 2.25 bits per heavy atom. The van der Waals surface area contributed by atoms with Gasteiger partial charge in [0.1, 0.15) is 0 Å². The molecule has 1 aliphatic rings. The minimum absolute atomic E-state index is 0.244. The number of nitriles is 1. The molecule has 0 radical (unpaired) electrons. The van der Waals surface area contributed by atoms with Crippen LogP contribution in [0.25, 0.3) is 0 Å². The van der Waals surface area contributed by atoms with Gasteiger partial charge in [-0.15, -0.1) is 0 Å². The SMILES string of the molecule is N#CNC(=O)CCc1ccc2c(c1)OCO2. The van der Waals surface area contributed by atoms with Crippen molar-refractivity contribution in [3.05, 3.63) is 23.8 Å². The van der Waals surface area contributed by atoms with Crippen molar-refractivity contribution < 1.29 is 14.3 Å². The van der Waals surface area contributed by atoms with Crippen LogP contribution in [0.15, 0.2) is 18.2 Å². The zero-order valence-electron chi connectivity index (χ0n) is 8.53. The highest BCUT2D eigenvalue weighted by molar-refractivity contribution is 5.77. The first-order chi connectivity index (χ1) is 7.79. The number of carbonyl (C=O) groups is 1. The van der Waals surface area contributed by atoms with E-state index < -0.39 is 0 Å². The first-order valence-corrected chi connectivity index (χ1v) is 4.86. The van der Waals surface area contributed by atoms with Crippen LogP contribution in [0.5, 0.6) is 11.5 Å². The van der Waals surface area contributed by atoms with Crippen molar-refractivity contribution in [1.82, 2.24) is 5.32 Å². The van der Waals surface area contributed by atoms with E-state index in [-0.39, 0.29) is 19.1 Å². The van der Waals surface area contributed by atoms with Gasteiger partial charge in [-0.05, 0) is 24.1 Å². The van der Waals surface area contributed by atoms with Crippen LogP contribution >= 0.6 is 0 Å². The second kappa shape index (κ2) is 4.53. The first-order valence-electron chi connectivity index (χ1n) is 4.86. The second-order valence-electron chi connectivity index (χ2n) is 3.35. The van der Waals surface area contributed by atoms with E-state index in [2.05, 4.69) is 5.32 Å². The number of hydrogen-bond acceptors (Lipinski definition) is 4. The van der Waals surface area contributed by atoms with Gasteiger partial charge in [0.05, 0.1) is 0 Å². The van der Waals surface area contributed by atoms with Gasteiger partial charge in [-0.3, -0.25) is 10.1 Å². The maximum absolute atomic E-state index is 11.1. The number of hydrogen-bond donors (Lipinski definition) is 1. The van der Waals surface area contributed by atoms with E-state index in [4.69, 9.17) is 14.7 Å². The van der Waals surface area contributed by atoms with E-state index in [1.807, 2.05) is 18.2 Å². The molecular weight excluding hydrogens is 208 g/mol. The van der Waals surface area contributed by atoms with Crippen molar-refractivity contribution in [3.63, 3.8) is 0 Å². The van der Waals surface area contributed by atoms with Crippen molar-refractivity contribution in [2.75, 3.05) is 6.79 Å². The number of nitrogens with zero attached hydrogens (tertiary/aromatic N) is 1. The summed E-state index contributed by atoms with van der Waals surface area (Å²) < 4.78 is 10.4. The van der Waals surface area contributed by atoms with Crippen LogP contribution in [0.4, 0.5) is 0 Å². The number of fused-ring (bicyclic) bond motifs is 1. The first kappa shape index (κ1) is 10.3. The molecule has 16 heavy (non-hydrogen) atoms. The number of ether oxygens (including phenoxy) is 2. The summed E-state index contributed by atoms with van der Waals surface area (Å²) in [5, 5.41) is 10.3. The fourth-order valence-electron chi connectivity index (χ4n) is 1.48. The van der Waals surface area contributed by atoms with E-state index in [1.165, 1.54) is 0 Å². The van der Waals surface area contributed by atoms with Crippen LogP contribution < -0.4 is 14.8 Å². The van der Waals surface area contributed by atoms with E-state index in [0.29, 0.717) is 12.2 Å². The van der Waals surface area contributed by atoms with Crippen molar-refractivity contribution in [2.24, 2.45) is 0 Å². The summed E-state index contributed by atoms with van der Waals surface area (Å²) in [6, 6.07) is 5.55. The topological polar surface area (TPSA) is 71.4 Å². The molecule has 1 heterocycles. The molecular formula is C11H10N2O3. The highest BCUT2D eigenvalue weighted by Gasteiger charge is 2.13. The molecule has 1 N–H and O–H groups in total. The molecule has 82 valence electrons. The van der Waals surface area contributed by atoms with E-state index in [1.54, 1.807) is 6.19 Å². The monoisotopic (exact) mass is 218 g/mol. The van der Waals surface area contributed by atoms with Crippen molar-refractivity contribution in [3.8, 4) is 17.7 Å². The highest BCUT2D eigenvalue weighted by Crippen LogP contribution is 2.32. The fraction of sp³-hybridized carbons (Fsp3) is 0.273. The summed E-state index contributed by atoms with van der Waals surface area (Å²) in [5.74, 6) is 1.16. The molecule has 0 atom stereocenters. The number of rotatable bonds is 3. The Balaban J connectivity index is 1.96. The minimum atomic E-state index is -0.278. The Labute approximate surface area is 92.6 Å². The number of amides is 1. The fourth-order valence-corrected chi connectivity index (χ4v) is 1.48. The van der Waals surface area contributed by atoms with Gasteiger partial charge in [0.25, 0.3) is 0 Å². The zero-order chi connectivity index (χ0) is 11.4. The van der Waals surface area contributed by atoms with Gasteiger partial charge in [0, 0.05) is 6.42 Å².